The van der Waals surface area contributed by atoms with Crippen molar-refractivity contribution in [3.8, 4) is 0 Å². The van der Waals surface area contributed by atoms with Crippen molar-refractivity contribution in [2.75, 3.05) is 0 Å². The molecule has 0 radical (unpaired) electrons. The fourth-order valence-electron chi connectivity index (χ4n) is 2.92. The van der Waals surface area contributed by atoms with Gasteiger partial charge in [-0.25, -0.2) is 0 Å². The van der Waals surface area contributed by atoms with Gasteiger partial charge in [0.25, 0.3) is 0 Å². The number of esters is 1. The molecule has 16 heavy (non-hydrogen) atoms. The molecule has 0 aromatic heterocycles. The first-order valence-corrected chi connectivity index (χ1v) is 6.51. The van der Waals surface area contributed by atoms with E-state index in [0.29, 0.717) is 5.92 Å². The highest BCUT2D eigenvalue weighted by Crippen LogP contribution is 2.42. The van der Waals surface area contributed by atoms with Crippen LogP contribution in [0.4, 0.5) is 0 Å². The predicted octanol–water partition coefficient (Wildman–Crippen LogP) is 3.79. The van der Waals surface area contributed by atoms with Crippen molar-refractivity contribution in [1.82, 2.24) is 0 Å². The molecule has 3 atom stereocenters. The normalized spacial score (nSPS) is 31.2. The van der Waals surface area contributed by atoms with Crippen LogP contribution < -0.4 is 0 Å². The van der Waals surface area contributed by atoms with Crippen LogP contribution in [0.1, 0.15) is 60.3 Å². The van der Waals surface area contributed by atoms with Gasteiger partial charge in [0.15, 0.2) is 0 Å². The highest BCUT2D eigenvalue weighted by Gasteiger charge is 2.38. The molecule has 0 N–H and O–H groups in total. The molecule has 1 aliphatic rings. The minimum absolute atomic E-state index is 0.129. The minimum atomic E-state index is -0.129. The Morgan fingerprint density at radius 3 is 2.38 bits per heavy atom. The summed E-state index contributed by atoms with van der Waals surface area (Å²) in [6, 6.07) is 0. The summed E-state index contributed by atoms with van der Waals surface area (Å²) in [5, 5.41) is 0. The third-order valence-electron chi connectivity index (χ3n) is 3.91. The molecule has 0 aromatic rings. The second kappa shape index (κ2) is 5.20. The largest absolute Gasteiger partial charge is 0.462 e. The average molecular weight is 226 g/mol. The van der Waals surface area contributed by atoms with Gasteiger partial charge in [-0.2, -0.15) is 0 Å². The Morgan fingerprint density at radius 2 is 1.94 bits per heavy atom. The Bertz CT molecular complexity index is 240. The van der Waals surface area contributed by atoms with Gasteiger partial charge in [0.1, 0.15) is 6.10 Å². The van der Waals surface area contributed by atoms with Crippen LogP contribution in [0.25, 0.3) is 0 Å². The third kappa shape index (κ3) is 3.50. The fourth-order valence-corrected chi connectivity index (χ4v) is 2.92. The summed E-state index contributed by atoms with van der Waals surface area (Å²) in [4.78, 5) is 11.2. The predicted molar refractivity (Wildman–Crippen MR) is 66.1 cm³/mol. The lowest BCUT2D eigenvalue weighted by Crippen LogP contribution is -2.40. The van der Waals surface area contributed by atoms with Crippen LogP contribution >= 0.6 is 0 Å². The number of ether oxygens (including phenoxy) is 1. The summed E-state index contributed by atoms with van der Waals surface area (Å²) >= 11 is 0. The van der Waals surface area contributed by atoms with E-state index in [-0.39, 0.29) is 17.5 Å². The van der Waals surface area contributed by atoms with E-state index >= 15 is 0 Å². The molecular weight excluding hydrogens is 200 g/mol. The highest BCUT2D eigenvalue weighted by molar-refractivity contribution is 5.66. The van der Waals surface area contributed by atoms with E-state index in [1.165, 1.54) is 26.2 Å². The zero-order valence-corrected chi connectivity index (χ0v) is 11.4. The quantitative estimate of drug-likeness (QED) is 0.670. The molecule has 2 heteroatoms. The molecule has 0 amide bonds. The molecular formula is C14H26O2. The molecule has 2 nitrogen and oxygen atoms in total. The average Bonchev–Trinajstić information content (AvgIpc) is 2.14. The van der Waals surface area contributed by atoms with Crippen molar-refractivity contribution in [2.45, 2.75) is 66.4 Å². The van der Waals surface area contributed by atoms with Gasteiger partial charge in [-0.1, -0.05) is 34.1 Å². The topological polar surface area (TPSA) is 26.3 Å². The SMILES string of the molecule is CCC1CCC(C(C)(C)C)C(OC(C)=O)C1. The summed E-state index contributed by atoms with van der Waals surface area (Å²) in [6.07, 6.45) is 4.87. The number of hydrogen-bond donors (Lipinski definition) is 0. The zero-order chi connectivity index (χ0) is 12.3. The molecule has 1 fully saturated rings. The van der Waals surface area contributed by atoms with Gasteiger partial charge in [-0.3, -0.25) is 4.79 Å². The standard InChI is InChI=1S/C14H26O2/c1-6-11-7-8-12(14(3,4)5)13(9-11)16-10(2)15/h11-13H,6-9H2,1-5H3. The van der Waals surface area contributed by atoms with Crippen molar-refractivity contribution in [3.63, 3.8) is 0 Å². The Hall–Kier alpha value is -0.530. The molecule has 0 spiro atoms. The van der Waals surface area contributed by atoms with Crippen LogP contribution in [0, 0.1) is 17.3 Å². The van der Waals surface area contributed by atoms with E-state index in [1.807, 2.05) is 0 Å². The highest BCUT2D eigenvalue weighted by atomic mass is 16.5. The van der Waals surface area contributed by atoms with Crippen molar-refractivity contribution in [3.05, 3.63) is 0 Å². The number of carbonyl (C=O) groups excluding carboxylic acids is 1. The minimum Gasteiger partial charge on any atom is -0.462 e. The Labute approximate surface area is 99.8 Å². The van der Waals surface area contributed by atoms with Crippen LogP contribution in [0.3, 0.4) is 0 Å². The summed E-state index contributed by atoms with van der Waals surface area (Å²) in [6.45, 7) is 10.5. The molecule has 0 aliphatic heterocycles. The maximum atomic E-state index is 11.2. The van der Waals surface area contributed by atoms with E-state index in [4.69, 9.17) is 4.74 Å². The van der Waals surface area contributed by atoms with E-state index in [9.17, 15) is 4.79 Å². The molecule has 0 saturated heterocycles. The summed E-state index contributed by atoms with van der Waals surface area (Å²) < 4.78 is 5.52. The van der Waals surface area contributed by atoms with Gasteiger partial charge in [-0.15, -0.1) is 0 Å². The van der Waals surface area contributed by atoms with E-state index in [1.54, 1.807) is 0 Å². The lowest BCUT2D eigenvalue weighted by atomic mass is 9.67. The molecule has 1 aliphatic carbocycles. The smallest absolute Gasteiger partial charge is 0.302 e. The Morgan fingerprint density at radius 1 is 1.31 bits per heavy atom. The van der Waals surface area contributed by atoms with Crippen LogP contribution in [0.2, 0.25) is 0 Å². The van der Waals surface area contributed by atoms with Gasteiger partial charge in [-0.05, 0) is 30.6 Å². The number of rotatable bonds is 2. The molecule has 0 heterocycles. The second-order valence-corrected chi connectivity index (χ2v) is 6.21. The van der Waals surface area contributed by atoms with Crippen LogP contribution in [-0.2, 0) is 9.53 Å². The lowest BCUT2D eigenvalue weighted by molar-refractivity contribution is -0.155. The lowest BCUT2D eigenvalue weighted by Gasteiger charge is -2.42. The summed E-state index contributed by atoms with van der Waals surface area (Å²) in [7, 11) is 0. The van der Waals surface area contributed by atoms with Crippen molar-refractivity contribution in [2.24, 2.45) is 17.3 Å². The van der Waals surface area contributed by atoms with Gasteiger partial charge < -0.3 is 4.74 Å². The maximum absolute atomic E-state index is 11.2. The van der Waals surface area contributed by atoms with Crippen LogP contribution in [-0.4, -0.2) is 12.1 Å². The van der Waals surface area contributed by atoms with Gasteiger partial charge >= 0.3 is 5.97 Å². The van der Waals surface area contributed by atoms with Crippen molar-refractivity contribution < 1.29 is 9.53 Å². The van der Waals surface area contributed by atoms with Crippen molar-refractivity contribution >= 4 is 5.97 Å². The molecule has 3 unspecified atom stereocenters. The molecule has 0 bridgehead atoms. The van der Waals surface area contributed by atoms with Crippen LogP contribution in [0.15, 0.2) is 0 Å². The first kappa shape index (κ1) is 13.5. The molecule has 1 saturated carbocycles. The maximum Gasteiger partial charge on any atom is 0.302 e. The molecule has 94 valence electrons. The molecule has 0 aromatic carbocycles. The van der Waals surface area contributed by atoms with Crippen molar-refractivity contribution in [1.29, 1.82) is 0 Å². The fraction of sp³-hybridized carbons (Fsp3) is 0.929. The van der Waals surface area contributed by atoms with Gasteiger partial charge in [0.05, 0.1) is 0 Å². The number of carbonyl (C=O) groups is 1. The summed E-state index contributed by atoms with van der Waals surface area (Å²) in [5.41, 5.74) is 0.235. The second-order valence-electron chi connectivity index (χ2n) is 6.21. The molecule has 1 rings (SSSR count). The summed E-state index contributed by atoms with van der Waals surface area (Å²) in [5.74, 6) is 1.12. The third-order valence-corrected chi connectivity index (χ3v) is 3.91. The van der Waals surface area contributed by atoms with E-state index in [0.717, 1.165) is 12.3 Å². The first-order valence-electron chi connectivity index (χ1n) is 6.51. The monoisotopic (exact) mass is 226 g/mol. The van der Waals surface area contributed by atoms with E-state index in [2.05, 4.69) is 27.7 Å². The zero-order valence-electron chi connectivity index (χ0n) is 11.4. The van der Waals surface area contributed by atoms with E-state index < -0.39 is 0 Å². The number of hydrogen-bond acceptors (Lipinski definition) is 2. The Balaban J connectivity index is 2.71. The van der Waals surface area contributed by atoms with Gasteiger partial charge in [0.2, 0.25) is 0 Å². The van der Waals surface area contributed by atoms with Gasteiger partial charge in [0, 0.05) is 12.8 Å². The first-order chi connectivity index (χ1) is 7.34. The Kier molecular flexibility index (Phi) is 4.40. The van der Waals surface area contributed by atoms with Crippen LogP contribution in [0.5, 0.6) is 0 Å².